The highest BCUT2D eigenvalue weighted by Gasteiger charge is 2.21. The smallest absolute Gasteiger partial charge is 0.166 e. The Balaban J connectivity index is 1.67. The molecular formula is C19H21NO. The standard InChI is InChI=1S/C19H21NO/c21-19(18-10-12-20-13-11-18)17-8-6-16(7-9-17)14-15-4-2-1-3-5-15/h1-9,18,20H,10-14H2. The Hall–Kier alpha value is -1.93. The molecule has 0 aromatic heterocycles. The van der Waals surface area contributed by atoms with Crippen molar-refractivity contribution in [3.63, 3.8) is 0 Å². The first-order valence-corrected chi connectivity index (χ1v) is 7.71. The molecule has 0 radical (unpaired) electrons. The molecule has 1 heterocycles. The van der Waals surface area contributed by atoms with E-state index in [1.807, 2.05) is 18.2 Å². The fourth-order valence-electron chi connectivity index (χ4n) is 2.94. The molecule has 0 unspecified atom stereocenters. The highest BCUT2D eigenvalue weighted by atomic mass is 16.1. The second-order valence-corrected chi connectivity index (χ2v) is 5.75. The predicted octanol–water partition coefficient (Wildman–Crippen LogP) is 3.46. The zero-order valence-electron chi connectivity index (χ0n) is 12.2. The molecule has 2 aromatic rings. The van der Waals surface area contributed by atoms with E-state index in [1.54, 1.807) is 0 Å². The molecule has 0 amide bonds. The lowest BCUT2D eigenvalue weighted by molar-refractivity contribution is 0.0895. The van der Waals surface area contributed by atoms with Gasteiger partial charge in [-0.05, 0) is 43.5 Å². The van der Waals surface area contributed by atoms with E-state index in [1.165, 1.54) is 11.1 Å². The van der Waals surface area contributed by atoms with Crippen molar-refractivity contribution in [1.82, 2.24) is 5.32 Å². The largest absolute Gasteiger partial charge is 0.317 e. The maximum atomic E-state index is 12.4. The third kappa shape index (κ3) is 3.59. The topological polar surface area (TPSA) is 29.1 Å². The van der Waals surface area contributed by atoms with Crippen LogP contribution >= 0.6 is 0 Å². The van der Waals surface area contributed by atoms with E-state index < -0.39 is 0 Å². The van der Waals surface area contributed by atoms with Gasteiger partial charge in [-0.25, -0.2) is 0 Å². The van der Waals surface area contributed by atoms with Gasteiger partial charge in [0.05, 0.1) is 0 Å². The summed E-state index contributed by atoms with van der Waals surface area (Å²) in [7, 11) is 0. The molecule has 0 saturated carbocycles. The van der Waals surface area contributed by atoms with Crippen LogP contribution in [0.4, 0.5) is 0 Å². The monoisotopic (exact) mass is 279 g/mol. The summed E-state index contributed by atoms with van der Waals surface area (Å²) < 4.78 is 0. The zero-order chi connectivity index (χ0) is 14.5. The highest BCUT2D eigenvalue weighted by Crippen LogP contribution is 2.19. The van der Waals surface area contributed by atoms with Gasteiger partial charge in [0.15, 0.2) is 5.78 Å². The molecule has 0 atom stereocenters. The predicted molar refractivity (Wildman–Crippen MR) is 85.6 cm³/mol. The first-order valence-electron chi connectivity index (χ1n) is 7.71. The fourth-order valence-corrected chi connectivity index (χ4v) is 2.94. The number of Topliss-reactive ketones (excluding diaryl/α,β-unsaturated/α-hetero) is 1. The van der Waals surface area contributed by atoms with Crippen LogP contribution in [-0.4, -0.2) is 18.9 Å². The lowest BCUT2D eigenvalue weighted by Crippen LogP contribution is -2.31. The van der Waals surface area contributed by atoms with Gasteiger partial charge in [-0.3, -0.25) is 4.79 Å². The third-order valence-corrected chi connectivity index (χ3v) is 4.20. The summed E-state index contributed by atoms with van der Waals surface area (Å²) in [6, 6.07) is 18.6. The van der Waals surface area contributed by atoms with Crippen LogP contribution < -0.4 is 5.32 Å². The van der Waals surface area contributed by atoms with Gasteiger partial charge < -0.3 is 5.32 Å². The van der Waals surface area contributed by atoms with Crippen LogP contribution in [0, 0.1) is 5.92 Å². The van der Waals surface area contributed by atoms with Gasteiger partial charge in [-0.2, -0.15) is 0 Å². The highest BCUT2D eigenvalue weighted by molar-refractivity contribution is 5.97. The third-order valence-electron chi connectivity index (χ3n) is 4.20. The van der Waals surface area contributed by atoms with Crippen molar-refractivity contribution in [3.05, 3.63) is 71.3 Å². The van der Waals surface area contributed by atoms with Gasteiger partial charge in [0.1, 0.15) is 0 Å². The Morgan fingerprint density at radius 1 is 0.905 bits per heavy atom. The number of rotatable bonds is 4. The Morgan fingerprint density at radius 3 is 2.19 bits per heavy atom. The second-order valence-electron chi connectivity index (χ2n) is 5.75. The molecular weight excluding hydrogens is 258 g/mol. The lowest BCUT2D eigenvalue weighted by Gasteiger charge is -2.21. The van der Waals surface area contributed by atoms with Crippen LogP contribution in [0.15, 0.2) is 54.6 Å². The molecule has 0 spiro atoms. The number of hydrogen-bond donors (Lipinski definition) is 1. The second kappa shape index (κ2) is 6.68. The van der Waals surface area contributed by atoms with E-state index >= 15 is 0 Å². The van der Waals surface area contributed by atoms with E-state index in [0.717, 1.165) is 37.9 Å². The van der Waals surface area contributed by atoms with Crippen molar-refractivity contribution in [3.8, 4) is 0 Å². The van der Waals surface area contributed by atoms with Gasteiger partial charge >= 0.3 is 0 Å². The first-order chi connectivity index (χ1) is 10.3. The van der Waals surface area contributed by atoms with E-state index in [2.05, 4.69) is 41.7 Å². The van der Waals surface area contributed by atoms with Crippen molar-refractivity contribution in [1.29, 1.82) is 0 Å². The number of nitrogens with one attached hydrogen (secondary N) is 1. The van der Waals surface area contributed by atoms with E-state index in [9.17, 15) is 4.79 Å². The van der Waals surface area contributed by atoms with Gasteiger partial charge in [-0.15, -0.1) is 0 Å². The maximum Gasteiger partial charge on any atom is 0.166 e. The first kappa shape index (κ1) is 14.0. The number of carbonyl (C=O) groups excluding carboxylic acids is 1. The summed E-state index contributed by atoms with van der Waals surface area (Å²) in [5.41, 5.74) is 3.41. The average molecular weight is 279 g/mol. The molecule has 1 saturated heterocycles. The van der Waals surface area contributed by atoms with Crippen LogP contribution in [0.3, 0.4) is 0 Å². The van der Waals surface area contributed by atoms with Crippen molar-refractivity contribution in [2.75, 3.05) is 13.1 Å². The molecule has 1 N–H and O–H groups in total. The number of hydrogen-bond acceptors (Lipinski definition) is 2. The summed E-state index contributed by atoms with van der Waals surface area (Å²) in [4.78, 5) is 12.4. The van der Waals surface area contributed by atoms with Crippen LogP contribution in [0.1, 0.15) is 34.3 Å². The Bertz CT molecular complexity index is 583. The molecule has 2 heteroatoms. The molecule has 21 heavy (non-hydrogen) atoms. The number of benzene rings is 2. The van der Waals surface area contributed by atoms with Crippen LogP contribution in [0.5, 0.6) is 0 Å². The normalized spacial score (nSPS) is 15.8. The summed E-state index contributed by atoms with van der Waals surface area (Å²) in [6.45, 7) is 1.92. The van der Waals surface area contributed by atoms with Crippen molar-refractivity contribution in [2.45, 2.75) is 19.3 Å². The Labute approximate surface area is 126 Å². The van der Waals surface area contributed by atoms with Gasteiger partial charge in [0, 0.05) is 11.5 Å². The maximum absolute atomic E-state index is 12.4. The van der Waals surface area contributed by atoms with Gasteiger partial charge in [-0.1, -0.05) is 54.6 Å². The molecule has 1 aliphatic rings. The number of carbonyl (C=O) groups is 1. The molecule has 0 bridgehead atoms. The van der Waals surface area contributed by atoms with E-state index in [0.29, 0.717) is 5.78 Å². The lowest BCUT2D eigenvalue weighted by atomic mass is 9.89. The van der Waals surface area contributed by atoms with Gasteiger partial charge in [0.2, 0.25) is 0 Å². The quantitative estimate of drug-likeness (QED) is 0.868. The van der Waals surface area contributed by atoms with Gasteiger partial charge in [0.25, 0.3) is 0 Å². The zero-order valence-corrected chi connectivity index (χ0v) is 12.2. The molecule has 0 aliphatic carbocycles. The van der Waals surface area contributed by atoms with Crippen LogP contribution in [0.2, 0.25) is 0 Å². The summed E-state index contributed by atoms with van der Waals surface area (Å²) in [6.07, 6.45) is 2.85. The number of ketones is 1. The van der Waals surface area contributed by atoms with Crippen molar-refractivity contribution in [2.24, 2.45) is 5.92 Å². The summed E-state index contributed by atoms with van der Waals surface area (Å²) >= 11 is 0. The SMILES string of the molecule is O=C(c1ccc(Cc2ccccc2)cc1)C1CCNCC1. The van der Waals surface area contributed by atoms with Crippen molar-refractivity contribution >= 4 is 5.78 Å². The van der Waals surface area contributed by atoms with E-state index in [4.69, 9.17) is 0 Å². The fraction of sp³-hybridized carbons (Fsp3) is 0.316. The molecule has 1 aliphatic heterocycles. The molecule has 108 valence electrons. The summed E-state index contributed by atoms with van der Waals surface area (Å²) in [5.74, 6) is 0.508. The molecule has 2 aromatic carbocycles. The van der Waals surface area contributed by atoms with Crippen LogP contribution in [0.25, 0.3) is 0 Å². The average Bonchev–Trinajstić information content (AvgIpc) is 2.57. The Kier molecular flexibility index (Phi) is 4.46. The minimum atomic E-state index is 0.200. The minimum absolute atomic E-state index is 0.200. The Morgan fingerprint density at radius 2 is 1.52 bits per heavy atom. The number of piperidine rings is 1. The van der Waals surface area contributed by atoms with Crippen molar-refractivity contribution < 1.29 is 4.79 Å². The van der Waals surface area contributed by atoms with Crippen LogP contribution in [-0.2, 0) is 6.42 Å². The summed E-state index contributed by atoms with van der Waals surface area (Å²) in [5, 5.41) is 3.31. The molecule has 1 fully saturated rings. The molecule has 3 rings (SSSR count). The van der Waals surface area contributed by atoms with E-state index in [-0.39, 0.29) is 5.92 Å². The minimum Gasteiger partial charge on any atom is -0.317 e. The molecule has 2 nitrogen and oxygen atoms in total.